The number of methoxy groups -OCH3 is 1. The Kier molecular flexibility index (Phi) is 2.44. The Morgan fingerprint density at radius 3 is 2.82 bits per heavy atom. The first-order valence-electron chi connectivity index (χ1n) is 3.38. The molecule has 3 heteroatoms. The van der Waals surface area contributed by atoms with Crippen LogP contribution in [0.4, 0.5) is 0 Å². The second kappa shape index (κ2) is 3.34. The minimum absolute atomic E-state index is 0.0436. The molecule has 1 aromatic heterocycles. The van der Waals surface area contributed by atoms with Crippen molar-refractivity contribution in [2.75, 3.05) is 7.11 Å². The average Bonchev–Trinajstić information content (AvgIpc) is 2.03. The summed E-state index contributed by atoms with van der Waals surface area (Å²) >= 11 is 0. The average molecular weight is 153 g/mol. The first-order chi connectivity index (χ1) is 5.26. The van der Waals surface area contributed by atoms with Crippen LogP contribution in [0.15, 0.2) is 12.1 Å². The maximum atomic E-state index is 8.76. The fraction of sp³-hybridized carbons (Fsp3) is 0.375. The summed E-state index contributed by atoms with van der Waals surface area (Å²) in [6, 6.07) is 3.53. The molecule has 0 radical (unpaired) electrons. The van der Waals surface area contributed by atoms with Crippen molar-refractivity contribution >= 4 is 0 Å². The number of aliphatic hydroxyl groups is 1. The fourth-order valence-electron chi connectivity index (χ4n) is 0.902. The van der Waals surface area contributed by atoms with Gasteiger partial charge in [-0.15, -0.1) is 0 Å². The first kappa shape index (κ1) is 8.01. The van der Waals surface area contributed by atoms with Crippen LogP contribution in [0.5, 0.6) is 5.75 Å². The smallest absolute Gasteiger partial charge is 0.122 e. The third-order valence-corrected chi connectivity index (χ3v) is 1.38. The van der Waals surface area contributed by atoms with Gasteiger partial charge in [-0.3, -0.25) is 4.98 Å². The van der Waals surface area contributed by atoms with Crippen LogP contribution in [-0.4, -0.2) is 17.2 Å². The highest BCUT2D eigenvalue weighted by Crippen LogP contribution is 2.12. The summed E-state index contributed by atoms with van der Waals surface area (Å²) in [6.45, 7) is 1.82. The molecule has 0 aliphatic rings. The molecule has 3 nitrogen and oxygen atoms in total. The molecule has 1 heterocycles. The summed E-state index contributed by atoms with van der Waals surface area (Å²) in [5.41, 5.74) is 1.50. The van der Waals surface area contributed by atoms with Gasteiger partial charge in [-0.1, -0.05) is 0 Å². The zero-order valence-corrected chi connectivity index (χ0v) is 6.66. The van der Waals surface area contributed by atoms with Crippen molar-refractivity contribution < 1.29 is 9.84 Å². The number of ether oxygens (including phenoxy) is 1. The van der Waals surface area contributed by atoms with Crippen molar-refractivity contribution in [1.82, 2.24) is 4.98 Å². The van der Waals surface area contributed by atoms with E-state index in [1.165, 1.54) is 0 Å². The Morgan fingerprint density at radius 2 is 2.27 bits per heavy atom. The number of aliphatic hydroxyl groups excluding tert-OH is 1. The number of hydrogen-bond donors (Lipinski definition) is 1. The quantitative estimate of drug-likeness (QED) is 0.686. The molecular weight excluding hydrogens is 142 g/mol. The van der Waals surface area contributed by atoms with E-state index in [1.54, 1.807) is 13.2 Å². The van der Waals surface area contributed by atoms with Crippen LogP contribution in [0.1, 0.15) is 11.4 Å². The first-order valence-corrected chi connectivity index (χ1v) is 3.38. The molecule has 1 aromatic rings. The summed E-state index contributed by atoms with van der Waals surface area (Å²) in [4.78, 5) is 4.07. The highest BCUT2D eigenvalue weighted by Gasteiger charge is 1.97. The van der Waals surface area contributed by atoms with Crippen LogP contribution >= 0.6 is 0 Å². The van der Waals surface area contributed by atoms with Crippen LogP contribution in [0.3, 0.4) is 0 Å². The maximum Gasteiger partial charge on any atom is 0.122 e. The largest absolute Gasteiger partial charge is 0.497 e. The molecular formula is C8H11NO2. The zero-order chi connectivity index (χ0) is 8.27. The molecule has 0 saturated heterocycles. The van der Waals surface area contributed by atoms with E-state index in [2.05, 4.69) is 4.98 Å². The second-order valence-corrected chi connectivity index (χ2v) is 2.30. The molecule has 11 heavy (non-hydrogen) atoms. The van der Waals surface area contributed by atoms with Gasteiger partial charge in [0.25, 0.3) is 0 Å². The Hall–Kier alpha value is -1.09. The van der Waals surface area contributed by atoms with Crippen molar-refractivity contribution in [2.45, 2.75) is 13.5 Å². The molecule has 0 amide bonds. The lowest BCUT2D eigenvalue weighted by molar-refractivity contribution is 0.275. The topological polar surface area (TPSA) is 42.4 Å². The van der Waals surface area contributed by atoms with Gasteiger partial charge in [0.2, 0.25) is 0 Å². The molecule has 0 aliphatic heterocycles. The summed E-state index contributed by atoms with van der Waals surface area (Å²) in [5, 5.41) is 8.76. The number of aromatic nitrogens is 1. The Balaban J connectivity index is 3.02. The number of aryl methyl sites for hydroxylation is 1. The summed E-state index contributed by atoms with van der Waals surface area (Å²) in [6.07, 6.45) is 0. The van der Waals surface area contributed by atoms with E-state index in [-0.39, 0.29) is 6.61 Å². The normalized spacial score (nSPS) is 9.73. The predicted octanol–water partition coefficient (Wildman–Crippen LogP) is 0.891. The molecule has 0 atom stereocenters. The minimum atomic E-state index is -0.0436. The van der Waals surface area contributed by atoms with Crippen LogP contribution in [-0.2, 0) is 6.61 Å². The summed E-state index contributed by atoms with van der Waals surface area (Å²) in [5.74, 6) is 0.738. The molecule has 0 spiro atoms. The molecule has 60 valence electrons. The standard InChI is InChI=1S/C8H11NO2/c1-6-3-8(11-2)4-7(5-10)9-6/h3-4,10H,5H2,1-2H3. The van der Waals surface area contributed by atoms with Crippen LogP contribution in [0.25, 0.3) is 0 Å². The highest BCUT2D eigenvalue weighted by molar-refractivity contribution is 5.26. The van der Waals surface area contributed by atoms with Crippen molar-refractivity contribution in [2.24, 2.45) is 0 Å². The van der Waals surface area contributed by atoms with Crippen molar-refractivity contribution in [3.63, 3.8) is 0 Å². The van der Waals surface area contributed by atoms with E-state index >= 15 is 0 Å². The Labute approximate surface area is 65.7 Å². The van der Waals surface area contributed by atoms with Crippen molar-refractivity contribution in [1.29, 1.82) is 0 Å². The third kappa shape index (κ3) is 1.91. The van der Waals surface area contributed by atoms with Gasteiger partial charge in [-0.25, -0.2) is 0 Å². The lowest BCUT2D eigenvalue weighted by atomic mass is 10.3. The van der Waals surface area contributed by atoms with Gasteiger partial charge in [0.1, 0.15) is 5.75 Å². The molecule has 0 unspecified atom stereocenters. The third-order valence-electron chi connectivity index (χ3n) is 1.38. The predicted molar refractivity (Wildman–Crippen MR) is 41.4 cm³/mol. The number of pyridine rings is 1. The number of rotatable bonds is 2. The lowest BCUT2D eigenvalue weighted by Crippen LogP contribution is -1.93. The SMILES string of the molecule is COc1cc(C)nc(CO)c1. The zero-order valence-electron chi connectivity index (χ0n) is 6.66. The molecule has 0 aromatic carbocycles. The van der Waals surface area contributed by atoms with Gasteiger partial charge in [-0.05, 0) is 6.92 Å². The molecule has 1 N–H and O–H groups in total. The summed E-state index contributed by atoms with van der Waals surface area (Å²) < 4.78 is 4.99. The van der Waals surface area contributed by atoms with E-state index in [0.717, 1.165) is 11.4 Å². The van der Waals surface area contributed by atoms with E-state index in [4.69, 9.17) is 9.84 Å². The van der Waals surface area contributed by atoms with Crippen molar-refractivity contribution in [3.05, 3.63) is 23.5 Å². The van der Waals surface area contributed by atoms with Gasteiger partial charge in [0.15, 0.2) is 0 Å². The molecule has 0 saturated carbocycles. The minimum Gasteiger partial charge on any atom is -0.497 e. The summed E-state index contributed by atoms with van der Waals surface area (Å²) in [7, 11) is 1.59. The van der Waals surface area contributed by atoms with Crippen LogP contribution in [0, 0.1) is 6.92 Å². The van der Waals surface area contributed by atoms with E-state index in [1.807, 2.05) is 13.0 Å². The number of nitrogens with zero attached hydrogens (tertiary/aromatic N) is 1. The van der Waals surface area contributed by atoms with E-state index in [9.17, 15) is 0 Å². The van der Waals surface area contributed by atoms with Gasteiger partial charge >= 0.3 is 0 Å². The van der Waals surface area contributed by atoms with E-state index < -0.39 is 0 Å². The molecule has 0 fully saturated rings. The number of hydrogen-bond acceptors (Lipinski definition) is 3. The Bertz CT molecular complexity index is 226. The van der Waals surface area contributed by atoms with Crippen molar-refractivity contribution in [3.8, 4) is 5.75 Å². The lowest BCUT2D eigenvalue weighted by Gasteiger charge is -2.02. The van der Waals surface area contributed by atoms with Crippen LogP contribution in [0.2, 0.25) is 0 Å². The van der Waals surface area contributed by atoms with Crippen LogP contribution < -0.4 is 4.74 Å². The molecule has 0 bridgehead atoms. The molecule has 0 aliphatic carbocycles. The maximum absolute atomic E-state index is 8.76. The van der Waals surface area contributed by atoms with Gasteiger partial charge < -0.3 is 9.84 Å². The van der Waals surface area contributed by atoms with Gasteiger partial charge in [0.05, 0.1) is 19.4 Å². The van der Waals surface area contributed by atoms with Gasteiger partial charge in [-0.2, -0.15) is 0 Å². The fourth-order valence-corrected chi connectivity index (χ4v) is 0.902. The second-order valence-electron chi connectivity index (χ2n) is 2.30. The highest BCUT2D eigenvalue weighted by atomic mass is 16.5. The van der Waals surface area contributed by atoms with E-state index in [0.29, 0.717) is 5.69 Å². The molecule has 1 rings (SSSR count). The van der Waals surface area contributed by atoms with Gasteiger partial charge in [0, 0.05) is 17.8 Å². The Morgan fingerprint density at radius 1 is 1.55 bits per heavy atom. The monoisotopic (exact) mass is 153 g/mol.